The van der Waals surface area contributed by atoms with Gasteiger partial charge in [0.15, 0.2) is 0 Å². The van der Waals surface area contributed by atoms with E-state index in [1.165, 1.54) is 5.69 Å². The van der Waals surface area contributed by atoms with Gasteiger partial charge in [-0.3, -0.25) is 4.90 Å². The third-order valence-corrected chi connectivity index (χ3v) is 5.51. The van der Waals surface area contributed by atoms with Crippen LogP contribution in [0.1, 0.15) is 0 Å². The number of hydrogen-bond donors (Lipinski definition) is 2. The van der Waals surface area contributed by atoms with E-state index in [1.807, 2.05) is 6.07 Å². The molecule has 0 bridgehead atoms. The molecule has 4 rings (SSSR count). The molecule has 8 heteroatoms. The van der Waals surface area contributed by atoms with Crippen LogP contribution in [-0.2, 0) is 4.74 Å². The van der Waals surface area contributed by atoms with E-state index in [1.54, 1.807) is 6.33 Å². The zero-order chi connectivity index (χ0) is 19.9. The third kappa shape index (κ3) is 5.79. The second-order valence-corrected chi connectivity index (χ2v) is 7.63. The van der Waals surface area contributed by atoms with Gasteiger partial charge in [-0.25, -0.2) is 9.97 Å². The average Bonchev–Trinajstić information content (AvgIpc) is 2.76. The summed E-state index contributed by atoms with van der Waals surface area (Å²) in [6.07, 6.45) is 1.60. The summed E-state index contributed by atoms with van der Waals surface area (Å²) in [6.45, 7) is 9.89. The van der Waals surface area contributed by atoms with Crippen molar-refractivity contribution in [2.75, 3.05) is 88.2 Å². The number of benzene rings is 1. The van der Waals surface area contributed by atoms with Crippen LogP contribution in [0.5, 0.6) is 0 Å². The van der Waals surface area contributed by atoms with Gasteiger partial charge in [0.2, 0.25) is 0 Å². The molecule has 0 spiro atoms. The number of nitrogens with one attached hydrogen (secondary N) is 2. The van der Waals surface area contributed by atoms with E-state index in [2.05, 4.69) is 66.6 Å². The summed E-state index contributed by atoms with van der Waals surface area (Å²) in [5, 5.41) is 6.77. The monoisotopic (exact) mass is 397 g/mol. The van der Waals surface area contributed by atoms with Crippen LogP contribution in [0, 0.1) is 0 Å². The Morgan fingerprint density at radius 3 is 2.41 bits per heavy atom. The molecular formula is C21H31N7O. The van der Waals surface area contributed by atoms with Crippen LogP contribution in [0.3, 0.4) is 0 Å². The summed E-state index contributed by atoms with van der Waals surface area (Å²) >= 11 is 0. The molecule has 2 aliphatic rings. The first-order chi connectivity index (χ1) is 14.3. The van der Waals surface area contributed by atoms with Crippen LogP contribution in [0.4, 0.5) is 23.0 Å². The molecule has 2 N–H and O–H groups in total. The molecule has 0 saturated carbocycles. The SMILES string of the molecule is CN1CCN(c2ccc(Nc3cc(NCCN4CCOCC4)ncn3)cc2)CC1. The highest BCUT2D eigenvalue weighted by molar-refractivity contribution is 5.62. The molecule has 0 aliphatic carbocycles. The Hall–Kier alpha value is -2.42. The molecule has 156 valence electrons. The van der Waals surface area contributed by atoms with Gasteiger partial charge in [-0.2, -0.15) is 0 Å². The fraction of sp³-hybridized carbons (Fsp3) is 0.524. The lowest BCUT2D eigenvalue weighted by molar-refractivity contribution is 0.0398. The molecule has 2 fully saturated rings. The van der Waals surface area contributed by atoms with Gasteiger partial charge in [-0.1, -0.05) is 0 Å². The Bertz CT molecular complexity index is 756. The van der Waals surface area contributed by atoms with Crippen LogP contribution >= 0.6 is 0 Å². The van der Waals surface area contributed by atoms with Gasteiger partial charge in [-0.15, -0.1) is 0 Å². The normalized spacial score (nSPS) is 18.6. The summed E-state index contributed by atoms with van der Waals surface area (Å²) in [5.41, 5.74) is 2.30. The molecule has 2 aliphatic heterocycles. The molecule has 0 atom stereocenters. The maximum Gasteiger partial charge on any atom is 0.135 e. The summed E-state index contributed by atoms with van der Waals surface area (Å²) in [7, 11) is 2.18. The van der Waals surface area contributed by atoms with Crippen molar-refractivity contribution in [2.45, 2.75) is 0 Å². The van der Waals surface area contributed by atoms with Crippen molar-refractivity contribution in [3.63, 3.8) is 0 Å². The largest absolute Gasteiger partial charge is 0.379 e. The van der Waals surface area contributed by atoms with Gasteiger partial charge in [0.25, 0.3) is 0 Å². The van der Waals surface area contributed by atoms with Gasteiger partial charge in [0, 0.05) is 69.8 Å². The number of aromatic nitrogens is 2. The maximum atomic E-state index is 5.39. The van der Waals surface area contributed by atoms with E-state index >= 15 is 0 Å². The molecule has 0 amide bonds. The smallest absolute Gasteiger partial charge is 0.135 e. The molecule has 8 nitrogen and oxygen atoms in total. The highest BCUT2D eigenvalue weighted by Crippen LogP contribution is 2.22. The number of morpholine rings is 1. The van der Waals surface area contributed by atoms with Crippen molar-refractivity contribution in [1.82, 2.24) is 19.8 Å². The Morgan fingerprint density at radius 2 is 1.66 bits per heavy atom. The van der Waals surface area contributed by atoms with Crippen molar-refractivity contribution in [2.24, 2.45) is 0 Å². The highest BCUT2D eigenvalue weighted by atomic mass is 16.5. The van der Waals surface area contributed by atoms with Crippen LogP contribution in [0.2, 0.25) is 0 Å². The standard InChI is InChI=1S/C21H31N7O/c1-26-8-10-28(11-9-26)19-4-2-18(3-5-19)25-21-16-20(23-17-24-21)22-6-7-27-12-14-29-15-13-27/h2-5,16-17H,6-15H2,1H3,(H2,22,23,24,25). The van der Waals surface area contributed by atoms with Gasteiger partial charge in [-0.05, 0) is 31.3 Å². The first-order valence-corrected chi connectivity index (χ1v) is 10.4. The highest BCUT2D eigenvalue weighted by Gasteiger charge is 2.14. The average molecular weight is 398 g/mol. The minimum absolute atomic E-state index is 0.793. The zero-order valence-corrected chi connectivity index (χ0v) is 17.2. The quantitative estimate of drug-likeness (QED) is 0.732. The van der Waals surface area contributed by atoms with Gasteiger partial charge < -0.3 is 25.2 Å². The summed E-state index contributed by atoms with van der Waals surface area (Å²) < 4.78 is 5.39. The van der Waals surface area contributed by atoms with Crippen molar-refractivity contribution >= 4 is 23.0 Å². The maximum absolute atomic E-state index is 5.39. The zero-order valence-electron chi connectivity index (χ0n) is 17.2. The molecule has 2 saturated heterocycles. The Balaban J connectivity index is 1.28. The second-order valence-electron chi connectivity index (χ2n) is 7.63. The molecule has 29 heavy (non-hydrogen) atoms. The lowest BCUT2D eigenvalue weighted by Gasteiger charge is -2.34. The number of ether oxygens (including phenoxy) is 1. The molecule has 2 aromatic rings. The molecule has 1 aromatic heterocycles. The van der Waals surface area contributed by atoms with Gasteiger partial charge in [0.1, 0.15) is 18.0 Å². The van der Waals surface area contributed by atoms with Gasteiger partial charge >= 0.3 is 0 Å². The number of hydrogen-bond acceptors (Lipinski definition) is 8. The van der Waals surface area contributed by atoms with E-state index < -0.39 is 0 Å². The summed E-state index contributed by atoms with van der Waals surface area (Å²) in [6, 6.07) is 10.5. The number of anilines is 4. The molecular weight excluding hydrogens is 366 g/mol. The van der Waals surface area contributed by atoms with Crippen LogP contribution < -0.4 is 15.5 Å². The number of nitrogens with zero attached hydrogens (tertiary/aromatic N) is 5. The Kier molecular flexibility index (Phi) is 6.76. The molecule has 1 aromatic carbocycles. The van der Waals surface area contributed by atoms with E-state index in [-0.39, 0.29) is 0 Å². The molecule has 3 heterocycles. The fourth-order valence-corrected chi connectivity index (χ4v) is 3.66. The Labute approximate surface area is 172 Å². The topological polar surface area (TPSA) is 68.8 Å². The predicted molar refractivity (Wildman–Crippen MR) is 117 cm³/mol. The van der Waals surface area contributed by atoms with E-state index in [0.29, 0.717) is 0 Å². The number of piperazine rings is 1. The van der Waals surface area contributed by atoms with Crippen LogP contribution in [-0.4, -0.2) is 92.4 Å². The number of likely N-dealkylation sites (N-methyl/N-ethyl adjacent to an activating group) is 1. The minimum atomic E-state index is 0.793. The summed E-state index contributed by atoms with van der Waals surface area (Å²) in [5.74, 6) is 1.63. The van der Waals surface area contributed by atoms with Crippen molar-refractivity contribution in [3.8, 4) is 0 Å². The minimum Gasteiger partial charge on any atom is -0.379 e. The third-order valence-electron chi connectivity index (χ3n) is 5.51. The first-order valence-electron chi connectivity index (χ1n) is 10.4. The molecule has 0 unspecified atom stereocenters. The Morgan fingerprint density at radius 1 is 0.931 bits per heavy atom. The predicted octanol–water partition coefficient (Wildman–Crippen LogP) is 1.72. The van der Waals surface area contributed by atoms with Crippen molar-refractivity contribution in [1.29, 1.82) is 0 Å². The van der Waals surface area contributed by atoms with E-state index in [9.17, 15) is 0 Å². The van der Waals surface area contributed by atoms with E-state index in [4.69, 9.17) is 4.74 Å². The molecule has 0 radical (unpaired) electrons. The van der Waals surface area contributed by atoms with Crippen LogP contribution in [0.15, 0.2) is 36.7 Å². The summed E-state index contributed by atoms with van der Waals surface area (Å²) in [4.78, 5) is 15.9. The van der Waals surface area contributed by atoms with Crippen LogP contribution in [0.25, 0.3) is 0 Å². The van der Waals surface area contributed by atoms with E-state index in [0.717, 1.165) is 82.9 Å². The van der Waals surface area contributed by atoms with Crippen molar-refractivity contribution < 1.29 is 4.74 Å². The lowest BCUT2D eigenvalue weighted by atomic mass is 10.2. The first kappa shape index (κ1) is 19.9. The van der Waals surface area contributed by atoms with Crippen molar-refractivity contribution in [3.05, 3.63) is 36.7 Å². The number of rotatable bonds is 7. The van der Waals surface area contributed by atoms with Gasteiger partial charge in [0.05, 0.1) is 13.2 Å². The lowest BCUT2D eigenvalue weighted by Crippen LogP contribution is -2.44. The fourth-order valence-electron chi connectivity index (χ4n) is 3.66. The second kappa shape index (κ2) is 9.87.